The fourth-order valence-corrected chi connectivity index (χ4v) is 6.92. The van der Waals surface area contributed by atoms with E-state index in [0.717, 1.165) is 68.4 Å². The van der Waals surface area contributed by atoms with Gasteiger partial charge in [-0.1, -0.05) is 6.07 Å². The molecule has 2 aromatic rings. The molecule has 2 aliphatic carbocycles. The average Bonchev–Trinajstić information content (AvgIpc) is 3.56. The fourth-order valence-electron chi connectivity index (χ4n) is 5.63. The summed E-state index contributed by atoms with van der Waals surface area (Å²) in [5.41, 5.74) is 5.83. The smallest absolute Gasteiger partial charge is 0.423 e. The minimum Gasteiger partial charge on any atom is -0.423 e. The number of benzene rings is 1. The van der Waals surface area contributed by atoms with Crippen LogP contribution in [0.3, 0.4) is 0 Å². The number of hydrogen-bond donors (Lipinski definition) is 1. The number of amides is 2. The number of hydrogen-bond acceptors (Lipinski definition) is 6. The predicted octanol–water partition coefficient (Wildman–Crippen LogP) is 0.139. The molecule has 0 unspecified atom stereocenters. The molecule has 5 rings (SSSR count). The zero-order valence-electron chi connectivity index (χ0n) is 20.9. The third-order valence-electron chi connectivity index (χ3n) is 7.28. The summed E-state index contributed by atoms with van der Waals surface area (Å²) in [6.45, 7) is 1.47. The van der Waals surface area contributed by atoms with Crippen LogP contribution in [-0.2, 0) is 42.4 Å². The van der Waals surface area contributed by atoms with E-state index in [9.17, 15) is 13.2 Å². The van der Waals surface area contributed by atoms with Crippen molar-refractivity contribution >= 4 is 27.6 Å². The van der Waals surface area contributed by atoms with Crippen molar-refractivity contribution in [3.63, 3.8) is 0 Å². The van der Waals surface area contributed by atoms with Gasteiger partial charge in [0.1, 0.15) is 6.54 Å². The van der Waals surface area contributed by atoms with Gasteiger partial charge in [0.05, 0.1) is 24.2 Å². The molecule has 0 saturated carbocycles. The molecule has 1 aromatic carbocycles. The first-order chi connectivity index (χ1) is 16.9. The molecule has 186 valence electrons. The fraction of sp³-hybridized carbons (Fsp3) is 0.542. The van der Waals surface area contributed by atoms with Crippen molar-refractivity contribution in [3.8, 4) is 6.07 Å². The molecule has 1 aliphatic heterocycles. The zero-order chi connectivity index (χ0) is 24.6. The number of likely N-dealkylation sites (tertiary alicyclic amines) is 1. The van der Waals surface area contributed by atoms with E-state index in [1.165, 1.54) is 32.5 Å². The molecule has 12 heteroatoms. The van der Waals surface area contributed by atoms with Crippen LogP contribution < -0.4 is 39.2 Å². The normalized spacial score (nSPS) is 17.6. The van der Waals surface area contributed by atoms with E-state index in [2.05, 4.69) is 26.1 Å². The van der Waals surface area contributed by atoms with Gasteiger partial charge in [-0.3, -0.25) is 13.8 Å². The van der Waals surface area contributed by atoms with E-state index < -0.39 is 16.2 Å². The molecule has 1 N–H and O–H groups in total. The Balaban J connectivity index is 0.00000304. The Morgan fingerprint density at radius 2 is 1.83 bits per heavy atom. The number of fused-ring (bicyclic) bond motifs is 2. The number of aryl methyl sites for hydroxylation is 2. The topological polar surface area (TPSA) is 125 Å². The molecule has 10 nitrogen and oxygen atoms in total. The zero-order valence-corrected chi connectivity index (χ0v) is 23.7. The summed E-state index contributed by atoms with van der Waals surface area (Å²) in [6, 6.07) is 3.04. The van der Waals surface area contributed by atoms with Crippen molar-refractivity contribution in [2.45, 2.75) is 64.0 Å². The SMILES string of the molecule is CN1CCC(N(c2cnn(CC#N)c2)S(=O)(=O)[N-]C(=O)Nc2c3c(cc4c2CCC4)CCC3)CC1.[Na+]. The number of piperidine rings is 1. The van der Waals surface area contributed by atoms with Crippen molar-refractivity contribution in [1.29, 1.82) is 5.26 Å². The molecule has 0 radical (unpaired) electrons. The summed E-state index contributed by atoms with van der Waals surface area (Å²) in [4.78, 5) is 15.2. The van der Waals surface area contributed by atoms with E-state index in [1.54, 1.807) is 0 Å². The summed E-state index contributed by atoms with van der Waals surface area (Å²) in [7, 11) is -2.36. The molecule has 2 heterocycles. The van der Waals surface area contributed by atoms with Crippen LogP contribution in [0.4, 0.5) is 16.2 Å². The van der Waals surface area contributed by atoms with E-state index in [0.29, 0.717) is 18.5 Å². The van der Waals surface area contributed by atoms with Crippen LogP contribution in [0.15, 0.2) is 18.5 Å². The van der Waals surface area contributed by atoms with Gasteiger partial charge in [-0.25, -0.2) is 8.42 Å². The summed E-state index contributed by atoms with van der Waals surface area (Å²) >= 11 is 0. The predicted molar refractivity (Wildman–Crippen MR) is 133 cm³/mol. The average molecular weight is 520 g/mol. The summed E-state index contributed by atoms with van der Waals surface area (Å²) in [5.74, 6) is 0. The standard InChI is InChI=1S/C24H31N7O3S.Na/c1-29-11-8-19(9-12-29)31(20-15-26-30(16-20)13-10-25)35(33,34)28-24(32)27-23-21-6-2-4-17(21)14-18-5-3-7-22(18)23;/h14-16,19H,2-9,11-13H2,1H3,(H2,27,28,32);/q;+1/p-1. The second-order valence-electron chi connectivity index (χ2n) is 9.62. The van der Waals surface area contributed by atoms with Crippen molar-refractivity contribution in [2.75, 3.05) is 29.8 Å². The quantitative estimate of drug-likeness (QED) is 0.542. The van der Waals surface area contributed by atoms with Crippen LogP contribution in [-0.4, -0.2) is 55.3 Å². The number of rotatable bonds is 6. The number of nitrogens with one attached hydrogen (secondary N) is 1. The monoisotopic (exact) mass is 519 g/mol. The van der Waals surface area contributed by atoms with Gasteiger partial charge in [-0.2, -0.15) is 10.4 Å². The first-order valence-corrected chi connectivity index (χ1v) is 13.6. The minimum absolute atomic E-state index is 0. The maximum atomic E-state index is 13.5. The van der Waals surface area contributed by atoms with E-state index in [-0.39, 0.29) is 42.1 Å². The Bertz CT molecular complexity index is 1250. The number of carbonyl (C=O) groups is 1. The van der Waals surface area contributed by atoms with Crippen LogP contribution in [0.5, 0.6) is 0 Å². The van der Waals surface area contributed by atoms with Crippen LogP contribution in [0.25, 0.3) is 4.72 Å². The summed E-state index contributed by atoms with van der Waals surface area (Å²) < 4.78 is 33.4. The summed E-state index contributed by atoms with van der Waals surface area (Å²) in [6.07, 6.45) is 9.94. The largest absolute Gasteiger partial charge is 1.00 e. The first kappa shape index (κ1) is 26.9. The molecule has 1 aromatic heterocycles. The molecule has 2 amide bonds. The number of carbonyl (C=O) groups excluding carboxylic acids is 1. The molecule has 0 spiro atoms. The van der Waals surface area contributed by atoms with Crippen LogP contribution in [0, 0.1) is 11.3 Å². The van der Waals surface area contributed by atoms with Gasteiger partial charge < -0.3 is 14.9 Å². The van der Waals surface area contributed by atoms with Gasteiger partial charge in [0.2, 0.25) is 0 Å². The molecule has 1 saturated heterocycles. The second-order valence-corrected chi connectivity index (χ2v) is 11.1. The number of anilines is 2. The maximum Gasteiger partial charge on any atom is 1.00 e. The number of urea groups is 1. The van der Waals surface area contributed by atoms with Crippen LogP contribution in [0.1, 0.15) is 47.9 Å². The molecule has 0 bridgehead atoms. The Morgan fingerprint density at radius 3 is 2.44 bits per heavy atom. The molecular formula is C24H30N7NaO3S. The van der Waals surface area contributed by atoms with E-state index in [4.69, 9.17) is 5.26 Å². The number of nitrogens with zero attached hydrogens (tertiary/aromatic N) is 6. The minimum atomic E-state index is -4.35. The number of aromatic nitrogens is 2. The van der Waals surface area contributed by atoms with Gasteiger partial charge in [0.15, 0.2) is 6.03 Å². The molecule has 0 atom stereocenters. The van der Waals surface area contributed by atoms with E-state index in [1.807, 2.05) is 13.1 Å². The van der Waals surface area contributed by atoms with Crippen molar-refractivity contribution in [2.24, 2.45) is 0 Å². The number of nitriles is 1. The van der Waals surface area contributed by atoms with Crippen molar-refractivity contribution in [1.82, 2.24) is 14.7 Å². The van der Waals surface area contributed by atoms with Crippen molar-refractivity contribution in [3.05, 3.63) is 45.4 Å². The second kappa shape index (κ2) is 11.1. The Labute approximate surface area is 234 Å². The van der Waals surface area contributed by atoms with Crippen molar-refractivity contribution < 1.29 is 42.8 Å². The van der Waals surface area contributed by atoms with Gasteiger partial charge in [-0.15, -0.1) is 0 Å². The third-order valence-corrected chi connectivity index (χ3v) is 8.68. The molecular weight excluding hydrogens is 489 g/mol. The van der Waals surface area contributed by atoms with Gasteiger partial charge in [-0.05, 0) is 99.4 Å². The van der Waals surface area contributed by atoms with Crippen LogP contribution in [0.2, 0.25) is 0 Å². The molecule has 3 aliphatic rings. The Morgan fingerprint density at radius 1 is 1.19 bits per heavy atom. The van der Waals surface area contributed by atoms with Gasteiger partial charge in [0.25, 0.3) is 10.2 Å². The third kappa shape index (κ3) is 5.43. The molecule has 36 heavy (non-hydrogen) atoms. The maximum absolute atomic E-state index is 13.5. The van der Waals surface area contributed by atoms with Crippen LogP contribution >= 0.6 is 0 Å². The molecule has 1 fully saturated rings. The van der Waals surface area contributed by atoms with E-state index >= 15 is 0 Å². The first-order valence-electron chi connectivity index (χ1n) is 12.2. The Kier molecular flexibility index (Phi) is 8.32. The van der Waals surface area contributed by atoms with Gasteiger partial charge in [0, 0.05) is 6.04 Å². The van der Waals surface area contributed by atoms with Gasteiger partial charge >= 0.3 is 29.6 Å². The summed E-state index contributed by atoms with van der Waals surface area (Å²) in [5, 5.41) is 15.9. The Hall–Kier alpha value is -2.10.